The van der Waals surface area contributed by atoms with E-state index in [0.717, 1.165) is 25.7 Å². The van der Waals surface area contributed by atoms with Crippen molar-refractivity contribution < 1.29 is 59.5 Å². The number of rotatable bonds is 20. The standard InChI is InChI=1S/C42H46N6O12/c1-55-35-11-5-7-27(37(35)49)23-45-57-17-19-59-47-25-31-15-13-29(39(51)41(31)53)21-43-33-9-3-4-10-34(33)44-22-30-14-16-32(42(54)40(30)52)26-48-60-20-18-58-46-24-28-8-6-12-36(56-2)38(28)50/h5-8,11-16,21-26,33-34,49-54H,3-4,9-10,17-20H2,1-2H3/b43-21?,44-22?,45-23+,46-24+,47-25+,48-26+/t33-,34-/m1/s1. The van der Waals surface area contributed by atoms with Crippen LogP contribution in [0.4, 0.5) is 0 Å². The molecule has 1 fully saturated rings. The van der Waals surface area contributed by atoms with E-state index in [9.17, 15) is 30.6 Å². The Morgan fingerprint density at radius 1 is 0.433 bits per heavy atom. The van der Waals surface area contributed by atoms with Crippen LogP contribution in [-0.2, 0) is 19.4 Å². The van der Waals surface area contributed by atoms with E-state index >= 15 is 0 Å². The molecule has 60 heavy (non-hydrogen) atoms. The number of hydrogen-bond donors (Lipinski definition) is 6. The highest BCUT2D eigenvalue weighted by Crippen LogP contribution is 2.34. The van der Waals surface area contributed by atoms with Gasteiger partial charge in [0.15, 0.2) is 72.4 Å². The third-order valence-electron chi connectivity index (χ3n) is 9.03. The van der Waals surface area contributed by atoms with Gasteiger partial charge in [-0.2, -0.15) is 0 Å². The van der Waals surface area contributed by atoms with Crippen LogP contribution in [-0.4, -0.2) is 121 Å². The zero-order valence-electron chi connectivity index (χ0n) is 32.9. The maximum atomic E-state index is 10.7. The Labute approximate surface area is 345 Å². The van der Waals surface area contributed by atoms with Crippen LogP contribution in [0.5, 0.6) is 46.0 Å². The van der Waals surface area contributed by atoms with Crippen molar-refractivity contribution in [3.8, 4) is 46.0 Å². The zero-order chi connectivity index (χ0) is 42.7. The SMILES string of the molecule is COc1cccc(/C=N/OCCO/N=C/c2ccc(C=N[C@@H]3CCCC[C@H]3N=Cc3ccc(/C=N/OCCO/N=C/c4cccc(OC)c4O)c(O)c3O)c(O)c2O)c1O. The number of phenols is 6. The highest BCUT2D eigenvalue weighted by Gasteiger charge is 2.24. The molecular formula is C42H46N6O12. The lowest BCUT2D eigenvalue weighted by atomic mass is 9.91. The van der Waals surface area contributed by atoms with Gasteiger partial charge in [0.25, 0.3) is 0 Å². The van der Waals surface area contributed by atoms with Crippen molar-refractivity contribution in [2.24, 2.45) is 30.6 Å². The van der Waals surface area contributed by atoms with Gasteiger partial charge < -0.3 is 59.5 Å². The molecule has 6 N–H and O–H groups in total. The number of aromatic hydroxyl groups is 6. The van der Waals surface area contributed by atoms with Crippen molar-refractivity contribution in [3.63, 3.8) is 0 Å². The summed E-state index contributed by atoms with van der Waals surface area (Å²) in [5, 5.41) is 77.9. The van der Waals surface area contributed by atoms with Crippen molar-refractivity contribution in [1.29, 1.82) is 0 Å². The molecule has 1 saturated carbocycles. The van der Waals surface area contributed by atoms with E-state index in [1.165, 1.54) is 51.5 Å². The molecule has 18 heteroatoms. The number of ether oxygens (including phenoxy) is 2. The van der Waals surface area contributed by atoms with Gasteiger partial charge in [0, 0.05) is 45.8 Å². The fourth-order valence-corrected chi connectivity index (χ4v) is 5.78. The van der Waals surface area contributed by atoms with Crippen LogP contribution in [0.15, 0.2) is 91.3 Å². The fourth-order valence-electron chi connectivity index (χ4n) is 5.78. The van der Waals surface area contributed by atoms with Crippen LogP contribution < -0.4 is 9.47 Å². The molecule has 5 rings (SSSR count). The Balaban J connectivity index is 1.08. The molecule has 1 aliphatic carbocycles. The Hall–Kier alpha value is -7.50. The average molecular weight is 827 g/mol. The summed E-state index contributed by atoms with van der Waals surface area (Å²) in [6.07, 6.45) is 11.5. The molecule has 18 nitrogen and oxygen atoms in total. The van der Waals surface area contributed by atoms with Crippen LogP contribution in [0.25, 0.3) is 0 Å². The number of nitrogens with zero attached hydrogens (tertiary/aromatic N) is 6. The highest BCUT2D eigenvalue weighted by atomic mass is 16.7. The minimum atomic E-state index is -0.401. The summed E-state index contributed by atoms with van der Waals surface area (Å²) < 4.78 is 10.1. The number of benzene rings is 4. The number of oxime groups is 4. The first kappa shape index (κ1) is 43.6. The van der Waals surface area contributed by atoms with Crippen molar-refractivity contribution in [1.82, 2.24) is 0 Å². The summed E-state index contributed by atoms with van der Waals surface area (Å²) in [7, 11) is 2.89. The lowest BCUT2D eigenvalue weighted by Gasteiger charge is -2.25. The number of para-hydroxylation sites is 2. The first-order valence-electron chi connectivity index (χ1n) is 18.7. The zero-order valence-corrected chi connectivity index (χ0v) is 32.9. The summed E-state index contributed by atoms with van der Waals surface area (Å²) in [4.78, 5) is 29.9. The largest absolute Gasteiger partial charge is 0.504 e. The van der Waals surface area contributed by atoms with Crippen molar-refractivity contribution >= 4 is 37.3 Å². The Morgan fingerprint density at radius 2 is 0.733 bits per heavy atom. The minimum Gasteiger partial charge on any atom is -0.504 e. The Bertz CT molecular complexity index is 2070. The summed E-state index contributed by atoms with van der Waals surface area (Å²) in [6, 6.07) is 15.7. The summed E-state index contributed by atoms with van der Waals surface area (Å²) in [6.45, 7) is 0.174. The van der Waals surface area contributed by atoms with Gasteiger partial charge in [0.1, 0.15) is 0 Å². The monoisotopic (exact) mass is 826 g/mol. The third-order valence-corrected chi connectivity index (χ3v) is 9.03. The molecule has 0 radical (unpaired) electrons. The molecule has 316 valence electrons. The fraction of sp³-hybridized carbons (Fsp3) is 0.286. The average Bonchev–Trinajstić information content (AvgIpc) is 3.26. The van der Waals surface area contributed by atoms with Gasteiger partial charge in [-0.15, -0.1) is 0 Å². The van der Waals surface area contributed by atoms with Gasteiger partial charge in [-0.1, -0.05) is 45.6 Å². The van der Waals surface area contributed by atoms with Gasteiger partial charge in [0.2, 0.25) is 0 Å². The van der Waals surface area contributed by atoms with Crippen LogP contribution in [0.3, 0.4) is 0 Å². The quantitative estimate of drug-likeness (QED) is 0.0276. The van der Waals surface area contributed by atoms with Crippen molar-refractivity contribution in [2.45, 2.75) is 37.8 Å². The molecule has 0 spiro atoms. The molecular weight excluding hydrogens is 780 g/mol. The van der Waals surface area contributed by atoms with Gasteiger partial charge in [0.05, 0.1) is 51.2 Å². The summed E-state index contributed by atoms with van der Waals surface area (Å²) in [5.41, 5.74) is 1.85. The van der Waals surface area contributed by atoms with Crippen molar-refractivity contribution in [3.05, 3.63) is 94.0 Å². The number of aliphatic imine (C=N–C) groups is 2. The maximum absolute atomic E-state index is 10.7. The number of hydrogen-bond acceptors (Lipinski definition) is 18. The topological polar surface area (TPSA) is 251 Å². The molecule has 4 aromatic carbocycles. The second-order valence-corrected chi connectivity index (χ2v) is 12.9. The van der Waals surface area contributed by atoms with E-state index in [-0.39, 0.29) is 72.6 Å². The molecule has 4 aromatic rings. The van der Waals surface area contributed by atoms with Crippen LogP contribution in [0, 0.1) is 0 Å². The first-order valence-corrected chi connectivity index (χ1v) is 18.7. The molecule has 2 atom stereocenters. The van der Waals surface area contributed by atoms with Crippen LogP contribution >= 0.6 is 0 Å². The lowest BCUT2D eigenvalue weighted by Crippen LogP contribution is -2.27. The molecule has 0 unspecified atom stereocenters. The van der Waals surface area contributed by atoms with Gasteiger partial charge >= 0.3 is 0 Å². The summed E-state index contributed by atoms with van der Waals surface area (Å²) >= 11 is 0. The molecule has 0 heterocycles. The predicted octanol–water partition coefficient (Wildman–Crippen LogP) is 5.59. The molecule has 0 aromatic heterocycles. The van der Waals surface area contributed by atoms with E-state index in [1.807, 2.05) is 0 Å². The second kappa shape index (κ2) is 22.4. The Morgan fingerprint density at radius 3 is 1.05 bits per heavy atom. The smallest absolute Gasteiger partial charge is 0.167 e. The molecule has 1 aliphatic rings. The molecule has 0 aliphatic heterocycles. The third kappa shape index (κ3) is 12.0. The van der Waals surface area contributed by atoms with E-state index < -0.39 is 11.5 Å². The molecule has 0 amide bonds. The van der Waals surface area contributed by atoms with E-state index in [2.05, 4.69) is 30.6 Å². The molecule has 0 bridgehead atoms. The molecule has 0 saturated heterocycles. The number of methoxy groups -OCH3 is 2. The van der Waals surface area contributed by atoms with Gasteiger partial charge in [-0.25, -0.2) is 0 Å². The van der Waals surface area contributed by atoms with Crippen molar-refractivity contribution in [2.75, 3.05) is 40.6 Å². The Kier molecular flexibility index (Phi) is 16.3. The maximum Gasteiger partial charge on any atom is 0.167 e. The first-order chi connectivity index (χ1) is 29.2. The van der Waals surface area contributed by atoms with E-state index in [0.29, 0.717) is 33.8 Å². The predicted molar refractivity (Wildman–Crippen MR) is 224 cm³/mol. The normalized spacial score (nSPS) is 15.8. The van der Waals surface area contributed by atoms with E-state index in [4.69, 9.17) is 28.8 Å². The van der Waals surface area contributed by atoms with Gasteiger partial charge in [-0.3, -0.25) is 9.98 Å². The minimum absolute atomic E-state index is 0.0352. The van der Waals surface area contributed by atoms with Crippen LogP contribution in [0.1, 0.15) is 59.1 Å². The lowest BCUT2D eigenvalue weighted by molar-refractivity contribution is 0.0553. The van der Waals surface area contributed by atoms with E-state index in [1.54, 1.807) is 60.7 Å². The summed E-state index contributed by atoms with van der Waals surface area (Å²) in [5.74, 6) is -1.06. The van der Waals surface area contributed by atoms with Gasteiger partial charge in [-0.05, 0) is 61.4 Å². The highest BCUT2D eigenvalue weighted by molar-refractivity contribution is 5.92. The number of phenolic OH excluding ortho intramolecular Hbond substituents is 6. The van der Waals surface area contributed by atoms with Crippen LogP contribution in [0.2, 0.25) is 0 Å². The second-order valence-electron chi connectivity index (χ2n) is 12.9.